The van der Waals surface area contributed by atoms with E-state index < -0.39 is 0 Å². The van der Waals surface area contributed by atoms with E-state index in [0.717, 1.165) is 44.3 Å². The summed E-state index contributed by atoms with van der Waals surface area (Å²) in [4.78, 5) is 5.13. The maximum Gasteiger partial charge on any atom is 0.0681 e. The Kier molecular flexibility index (Phi) is 7.09. The van der Waals surface area contributed by atoms with E-state index in [1.54, 1.807) is 0 Å². The van der Waals surface area contributed by atoms with E-state index >= 15 is 0 Å². The Labute approximate surface area is 146 Å². The number of likely N-dealkylation sites (tertiary alicyclic amines) is 1. The fraction of sp³-hybridized carbons (Fsp3) is 0.700. The molecule has 1 aromatic carbocycles. The highest BCUT2D eigenvalue weighted by atomic mass is 16.5. The van der Waals surface area contributed by atoms with E-state index in [2.05, 4.69) is 21.9 Å². The summed E-state index contributed by atoms with van der Waals surface area (Å²) >= 11 is 0. The number of aliphatic hydroxyl groups is 1. The number of hydrogen-bond donors (Lipinski definition) is 1. The molecule has 4 nitrogen and oxygen atoms in total. The fourth-order valence-electron chi connectivity index (χ4n) is 3.87. The molecule has 1 aromatic rings. The van der Waals surface area contributed by atoms with E-state index in [1.165, 1.54) is 50.9 Å². The number of aliphatic hydroxyl groups excluding tert-OH is 1. The topological polar surface area (TPSA) is 35.9 Å². The molecule has 0 amide bonds. The van der Waals surface area contributed by atoms with Crippen LogP contribution in [-0.4, -0.2) is 60.8 Å². The number of ether oxygens (including phenoxy) is 1. The molecule has 0 saturated carbocycles. The number of hydrogen-bond acceptors (Lipinski definition) is 4. The zero-order valence-electron chi connectivity index (χ0n) is 14.8. The van der Waals surface area contributed by atoms with E-state index in [-0.39, 0.29) is 6.61 Å². The molecule has 0 aliphatic carbocycles. The summed E-state index contributed by atoms with van der Waals surface area (Å²) in [5.41, 5.74) is 2.36. The van der Waals surface area contributed by atoms with Crippen molar-refractivity contribution in [2.75, 3.05) is 45.9 Å². The van der Waals surface area contributed by atoms with Crippen molar-refractivity contribution in [3.05, 3.63) is 35.4 Å². The maximum absolute atomic E-state index is 9.11. The van der Waals surface area contributed by atoms with E-state index in [9.17, 15) is 0 Å². The van der Waals surface area contributed by atoms with Gasteiger partial charge in [-0.15, -0.1) is 0 Å². The standard InChI is InChI=1S/C20H32N2O2/c23-17-20-5-3-19(4-6-20)16-22-10-7-18(8-11-22)2-1-9-21-12-14-24-15-13-21/h3-6,18,23H,1-2,7-17H2. The molecule has 0 atom stereocenters. The minimum atomic E-state index is 0.135. The second kappa shape index (κ2) is 9.52. The highest BCUT2D eigenvalue weighted by Crippen LogP contribution is 2.23. The Hall–Kier alpha value is -0.940. The number of nitrogens with zero attached hydrogens (tertiary/aromatic N) is 2. The third-order valence-electron chi connectivity index (χ3n) is 5.51. The average Bonchev–Trinajstić information content (AvgIpc) is 2.65. The van der Waals surface area contributed by atoms with Crippen molar-refractivity contribution in [1.82, 2.24) is 9.80 Å². The summed E-state index contributed by atoms with van der Waals surface area (Å²) in [6.45, 7) is 8.95. The van der Waals surface area contributed by atoms with Crippen LogP contribution in [0.15, 0.2) is 24.3 Å². The molecule has 2 heterocycles. The quantitative estimate of drug-likeness (QED) is 0.832. The lowest BCUT2D eigenvalue weighted by Crippen LogP contribution is -2.37. The van der Waals surface area contributed by atoms with Crippen LogP contribution in [0.3, 0.4) is 0 Å². The van der Waals surface area contributed by atoms with Crippen molar-refractivity contribution in [1.29, 1.82) is 0 Å². The predicted molar refractivity (Wildman–Crippen MR) is 96.9 cm³/mol. The first-order chi connectivity index (χ1) is 11.8. The van der Waals surface area contributed by atoms with Crippen LogP contribution in [0.1, 0.15) is 36.8 Å². The van der Waals surface area contributed by atoms with Crippen molar-refractivity contribution < 1.29 is 9.84 Å². The highest BCUT2D eigenvalue weighted by Gasteiger charge is 2.19. The van der Waals surface area contributed by atoms with Gasteiger partial charge in [0.15, 0.2) is 0 Å². The normalized spacial score (nSPS) is 21.2. The predicted octanol–water partition coefficient (Wildman–Crippen LogP) is 2.50. The minimum absolute atomic E-state index is 0.135. The average molecular weight is 332 g/mol. The van der Waals surface area contributed by atoms with Gasteiger partial charge in [-0.05, 0) is 62.4 Å². The largest absolute Gasteiger partial charge is 0.392 e. The van der Waals surface area contributed by atoms with Crippen LogP contribution in [0.5, 0.6) is 0 Å². The Bertz CT molecular complexity index is 463. The van der Waals surface area contributed by atoms with Crippen molar-refractivity contribution in [2.45, 2.75) is 38.8 Å². The third kappa shape index (κ3) is 5.55. The van der Waals surface area contributed by atoms with Crippen LogP contribution in [0.4, 0.5) is 0 Å². The molecule has 4 heteroatoms. The molecule has 2 aliphatic rings. The van der Waals surface area contributed by atoms with Gasteiger partial charge in [0.2, 0.25) is 0 Å². The van der Waals surface area contributed by atoms with Gasteiger partial charge in [0, 0.05) is 19.6 Å². The van der Waals surface area contributed by atoms with Crippen LogP contribution in [-0.2, 0) is 17.9 Å². The molecule has 2 fully saturated rings. The van der Waals surface area contributed by atoms with Gasteiger partial charge in [-0.1, -0.05) is 24.3 Å². The van der Waals surface area contributed by atoms with Crippen molar-refractivity contribution in [2.24, 2.45) is 5.92 Å². The van der Waals surface area contributed by atoms with Gasteiger partial charge < -0.3 is 9.84 Å². The van der Waals surface area contributed by atoms with E-state index in [1.807, 2.05) is 12.1 Å². The van der Waals surface area contributed by atoms with Gasteiger partial charge in [0.25, 0.3) is 0 Å². The summed E-state index contributed by atoms with van der Waals surface area (Å²) in [5.74, 6) is 0.916. The van der Waals surface area contributed by atoms with Crippen molar-refractivity contribution in [3.8, 4) is 0 Å². The molecular formula is C20H32N2O2. The van der Waals surface area contributed by atoms with Gasteiger partial charge in [0.1, 0.15) is 0 Å². The molecule has 0 radical (unpaired) electrons. The molecule has 2 aliphatic heterocycles. The van der Waals surface area contributed by atoms with Crippen LogP contribution in [0.25, 0.3) is 0 Å². The van der Waals surface area contributed by atoms with Gasteiger partial charge in [0.05, 0.1) is 19.8 Å². The summed E-state index contributed by atoms with van der Waals surface area (Å²) in [7, 11) is 0. The summed E-state index contributed by atoms with van der Waals surface area (Å²) in [5, 5.41) is 9.11. The molecule has 0 aromatic heterocycles. The van der Waals surface area contributed by atoms with Crippen molar-refractivity contribution in [3.63, 3.8) is 0 Å². The first-order valence-corrected chi connectivity index (χ1v) is 9.54. The second-order valence-electron chi connectivity index (χ2n) is 7.29. The summed E-state index contributed by atoms with van der Waals surface area (Å²) in [6, 6.07) is 8.38. The van der Waals surface area contributed by atoms with Crippen LogP contribution < -0.4 is 0 Å². The molecule has 0 spiro atoms. The van der Waals surface area contributed by atoms with Crippen LogP contribution in [0.2, 0.25) is 0 Å². The number of rotatable bonds is 7. The number of morpholine rings is 1. The van der Waals surface area contributed by atoms with E-state index in [0.29, 0.717) is 0 Å². The van der Waals surface area contributed by atoms with Gasteiger partial charge in [-0.2, -0.15) is 0 Å². The Morgan fingerprint density at radius 3 is 2.25 bits per heavy atom. The molecule has 0 unspecified atom stereocenters. The molecular weight excluding hydrogens is 300 g/mol. The van der Waals surface area contributed by atoms with Crippen LogP contribution in [0, 0.1) is 5.92 Å². The van der Waals surface area contributed by atoms with Crippen molar-refractivity contribution >= 4 is 0 Å². The lowest BCUT2D eigenvalue weighted by atomic mass is 9.92. The zero-order valence-corrected chi connectivity index (χ0v) is 14.8. The lowest BCUT2D eigenvalue weighted by Gasteiger charge is -2.33. The molecule has 1 N–H and O–H groups in total. The minimum Gasteiger partial charge on any atom is -0.392 e. The number of benzene rings is 1. The van der Waals surface area contributed by atoms with Gasteiger partial charge >= 0.3 is 0 Å². The second-order valence-corrected chi connectivity index (χ2v) is 7.29. The van der Waals surface area contributed by atoms with Crippen LogP contribution >= 0.6 is 0 Å². The summed E-state index contributed by atoms with van der Waals surface area (Å²) < 4.78 is 5.41. The Morgan fingerprint density at radius 1 is 0.917 bits per heavy atom. The highest BCUT2D eigenvalue weighted by molar-refractivity contribution is 5.21. The maximum atomic E-state index is 9.11. The molecule has 24 heavy (non-hydrogen) atoms. The van der Waals surface area contributed by atoms with Gasteiger partial charge in [-0.25, -0.2) is 0 Å². The first-order valence-electron chi connectivity index (χ1n) is 9.54. The fourth-order valence-corrected chi connectivity index (χ4v) is 3.87. The molecule has 3 rings (SSSR count). The SMILES string of the molecule is OCc1ccc(CN2CCC(CCCN3CCOCC3)CC2)cc1. The zero-order chi connectivity index (χ0) is 16.6. The lowest BCUT2D eigenvalue weighted by molar-refractivity contribution is 0.0361. The van der Waals surface area contributed by atoms with E-state index in [4.69, 9.17) is 9.84 Å². The number of piperidine rings is 1. The molecule has 2 saturated heterocycles. The summed E-state index contributed by atoms with van der Waals surface area (Å²) in [6.07, 6.45) is 5.42. The molecule has 134 valence electrons. The molecule has 0 bridgehead atoms. The van der Waals surface area contributed by atoms with Gasteiger partial charge in [-0.3, -0.25) is 9.80 Å². The monoisotopic (exact) mass is 332 g/mol. The Morgan fingerprint density at radius 2 is 1.58 bits per heavy atom. The first kappa shape index (κ1) is 17.9. The third-order valence-corrected chi connectivity index (χ3v) is 5.51. The Balaban J connectivity index is 1.31. The smallest absolute Gasteiger partial charge is 0.0681 e.